The Bertz CT molecular complexity index is 143. The Hall–Kier alpha value is -0.370. The summed E-state index contributed by atoms with van der Waals surface area (Å²) >= 11 is 5.37. The molecule has 0 bridgehead atoms. The zero-order valence-corrected chi connectivity index (χ0v) is 7.60. The van der Waals surface area contributed by atoms with Gasteiger partial charge in [0.15, 0.2) is 0 Å². The van der Waals surface area contributed by atoms with Gasteiger partial charge in [-0.3, -0.25) is 4.79 Å². The lowest BCUT2D eigenvalue weighted by Crippen LogP contribution is -2.21. The number of halogens is 1. The van der Waals surface area contributed by atoms with Gasteiger partial charge in [-0.05, 0) is 5.92 Å². The molecule has 0 aliphatic rings. The first kappa shape index (κ1) is 10.6. The van der Waals surface area contributed by atoms with Gasteiger partial charge in [0.2, 0.25) is 0 Å². The van der Waals surface area contributed by atoms with E-state index in [9.17, 15) is 9.59 Å². The number of carbonyl (C=O) groups excluding carboxylic acids is 2. The van der Waals surface area contributed by atoms with Gasteiger partial charge in [0.05, 0.1) is 5.92 Å². The summed E-state index contributed by atoms with van der Waals surface area (Å²) in [5, 5.41) is 0. The van der Waals surface area contributed by atoms with Crippen LogP contribution in [0.4, 0.5) is 0 Å². The van der Waals surface area contributed by atoms with Crippen LogP contribution in [-0.2, 0) is 9.59 Å². The second kappa shape index (κ2) is 5.30. The maximum absolute atomic E-state index is 11.1. The quantitative estimate of drug-likeness (QED) is 0.363. The fourth-order valence-corrected chi connectivity index (χ4v) is 1.05. The van der Waals surface area contributed by atoms with Crippen molar-refractivity contribution in [2.24, 2.45) is 11.8 Å². The minimum atomic E-state index is -0.464. The number of alkyl halides is 1. The van der Waals surface area contributed by atoms with Crippen LogP contribution in [0.15, 0.2) is 0 Å². The van der Waals surface area contributed by atoms with E-state index in [1.54, 1.807) is 0 Å². The van der Waals surface area contributed by atoms with E-state index in [0.717, 1.165) is 0 Å². The Balaban J connectivity index is 4.03. The third kappa shape index (κ3) is 3.51. The third-order valence-corrected chi connectivity index (χ3v) is 1.77. The summed E-state index contributed by atoms with van der Waals surface area (Å²) in [7, 11) is 0. The fraction of sp³-hybridized carbons (Fsp3) is 0.750. The van der Waals surface area contributed by atoms with Crippen LogP contribution in [-0.4, -0.2) is 17.9 Å². The molecule has 0 N–H and O–H groups in total. The van der Waals surface area contributed by atoms with Crippen molar-refractivity contribution in [3.05, 3.63) is 0 Å². The van der Waals surface area contributed by atoms with Gasteiger partial charge < -0.3 is 4.79 Å². The molecule has 0 fully saturated rings. The molecule has 0 heterocycles. The molecule has 1 unspecified atom stereocenters. The molecule has 3 heteroatoms. The van der Waals surface area contributed by atoms with Crippen molar-refractivity contribution in [2.75, 3.05) is 5.88 Å². The Morgan fingerprint density at radius 1 is 1.55 bits per heavy atom. The second-order valence-electron chi connectivity index (χ2n) is 2.81. The molecule has 0 saturated carbocycles. The number of Topliss-reactive ketones (excluding diaryl/α,β-unsaturated/α-hetero) is 1. The van der Waals surface area contributed by atoms with E-state index in [0.29, 0.717) is 18.6 Å². The van der Waals surface area contributed by atoms with Crippen LogP contribution in [0.5, 0.6) is 0 Å². The van der Waals surface area contributed by atoms with Crippen molar-refractivity contribution >= 4 is 23.7 Å². The van der Waals surface area contributed by atoms with Crippen molar-refractivity contribution in [3.8, 4) is 0 Å². The summed E-state index contributed by atoms with van der Waals surface area (Å²) in [6.07, 6.45) is 1.00. The Morgan fingerprint density at radius 3 is 2.36 bits per heavy atom. The van der Waals surface area contributed by atoms with E-state index in [1.165, 1.54) is 0 Å². The van der Waals surface area contributed by atoms with Crippen LogP contribution in [0.1, 0.15) is 20.3 Å². The molecular weight excluding hydrogens is 164 g/mol. The Kier molecular flexibility index (Phi) is 5.12. The van der Waals surface area contributed by atoms with Crippen molar-refractivity contribution in [2.45, 2.75) is 20.3 Å². The first-order chi connectivity index (χ1) is 5.13. The first-order valence-electron chi connectivity index (χ1n) is 3.67. The van der Waals surface area contributed by atoms with Gasteiger partial charge in [0.1, 0.15) is 12.1 Å². The number of hydrogen-bond acceptors (Lipinski definition) is 2. The first-order valence-corrected chi connectivity index (χ1v) is 4.21. The third-order valence-electron chi connectivity index (χ3n) is 1.58. The monoisotopic (exact) mass is 176 g/mol. The molecule has 0 aromatic rings. The minimum absolute atomic E-state index is 0.0509. The molecule has 0 amide bonds. The normalized spacial score (nSPS) is 13.1. The van der Waals surface area contributed by atoms with Gasteiger partial charge in [-0.25, -0.2) is 0 Å². The average Bonchev–Trinajstić information content (AvgIpc) is 1.88. The van der Waals surface area contributed by atoms with Crippen LogP contribution in [0.25, 0.3) is 0 Å². The molecule has 11 heavy (non-hydrogen) atoms. The fourth-order valence-electron chi connectivity index (χ4n) is 0.865. The van der Waals surface area contributed by atoms with Crippen molar-refractivity contribution in [1.82, 2.24) is 0 Å². The largest absolute Gasteiger partial charge is 0.303 e. The van der Waals surface area contributed by atoms with E-state index < -0.39 is 5.92 Å². The van der Waals surface area contributed by atoms with Crippen LogP contribution < -0.4 is 0 Å². The van der Waals surface area contributed by atoms with Gasteiger partial charge in [-0.15, -0.1) is 11.6 Å². The molecule has 0 saturated heterocycles. The van der Waals surface area contributed by atoms with Gasteiger partial charge in [0.25, 0.3) is 0 Å². The highest BCUT2D eigenvalue weighted by Gasteiger charge is 2.19. The van der Waals surface area contributed by atoms with Crippen LogP contribution in [0.3, 0.4) is 0 Å². The van der Waals surface area contributed by atoms with Gasteiger partial charge in [0, 0.05) is 12.3 Å². The van der Waals surface area contributed by atoms with Gasteiger partial charge in [-0.1, -0.05) is 13.8 Å². The van der Waals surface area contributed by atoms with Gasteiger partial charge >= 0.3 is 0 Å². The molecule has 0 spiro atoms. The smallest absolute Gasteiger partial charge is 0.144 e. The maximum Gasteiger partial charge on any atom is 0.144 e. The molecule has 1 atom stereocenters. The van der Waals surface area contributed by atoms with E-state index in [2.05, 4.69) is 0 Å². The standard InChI is InChI=1S/C8H13ClO2/c1-6(2)7(5-10)8(11)3-4-9/h5-7H,3-4H2,1-2H3. The highest BCUT2D eigenvalue weighted by Crippen LogP contribution is 2.11. The molecule has 0 aliphatic carbocycles. The van der Waals surface area contributed by atoms with Crippen LogP contribution in [0, 0.1) is 11.8 Å². The van der Waals surface area contributed by atoms with Crippen molar-refractivity contribution in [1.29, 1.82) is 0 Å². The van der Waals surface area contributed by atoms with E-state index >= 15 is 0 Å². The van der Waals surface area contributed by atoms with Crippen LogP contribution >= 0.6 is 11.6 Å². The molecule has 2 nitrogen and oxygen atoms in total. The number of rotatable bonds is 5. The Morgan fingerprint density at radius 2 is 2.09 bits per heavy atom. The second-order valence-corrected chi connectivity index (χ2v) is 3.19. The summed E-state index contributed by atoms with van der Waals surface area (Å²) in [5.74, 6) is -0.127. The zero-order chi connectivity index (χ0) is 8.85. The van der Waals surface area contributed by atoms with E-state index in [-0.39, 0.29) is 11.7 Å². The summed E-state index contributed by atoms with van der Waals surface area (Å²) in [6, 6.07) is 0. The minimum Gasteiger partial charge on any atom is -0.303 e. The predicted molar refractivity (Wildman–Crippen MR) is 44.7 cm³/mol. The lowest BCUT2D eigenvalue weighted by Gasteiger charge is -2.11. The molecule has 64 valence electrons. The van der Waals surface area contributed by atoms with E-state index in [1.807, 2.05) is 13.8 Å². The molecular formula is C8H13ClO2. The number of carbonyl (C=O) groups is 2. The zero-order valence-electron chi connectivity index (χ0n) is 6.84. The molecule has 0 aromatic heterocycles. The lowest BCUT2D eigenvalue weighted by molar-refractivity contribution is -0.128. The highest BCUT2D eigenvalue weighted by atomic mass is 35.5. The van der Waals surface area contributed by atoms with Crippen LogP contribution in [0.2, 0.25) is 0 Å². The van der Waals surface area contributed by atoms with Crippen molar-refractivity contribution in [3.63, 3.8) is 0 Å². The topological polar surface area (TPSA) is 34.1 Å². The Labute approximate surface area is 71.9 Å². The predicted octanol–water partition coefficient (Wildman–Crippen LogP) is 1.66. The SMILES string of the molecule is CC(C)C(C=O)C(=O)CCCl. The summed E-state index contributed by atoms with van der Waals surface area (Å²) in [5.41, 5.74) is 0. The molecule has 0 rings (SSSR count). The summed E-state index contributed by atoms with van der Waals surface area (Å²) in [4.78, 5) is 21.5. The summed E-state index contributed by atoms with van der Waals surface area (Å²) in [6.45, 7) is 3.70. The summed E-state index contributed by atoms with van der Waals surface area (Å²) < 4.78 is 0. The number of aldehydes is 1. The maximum atomic E-state index is 11.1. The number of hydrogen-bond donors (Lipinski definition) is 0. The van der Waals surface area contributed by atoms with E-state index in [4.69, 9.17) is 11.6 Å². The molecule has 0 radical (unpaired) electrons. The highest BCUT2D eigenvalue weighted by molar-refractivity contribution is 6.19. The molecule has 0 aromatic carbocycles. The van der Waals surface area contributed by atoms with Gasteiger partial charge in [-0.2, -0.15) is 0 Å². The lowest BCUT2D eigenvalue weighted by atomic mass is 9.92. The number of ketones is 1. The average molecular weight is 177 g/mol. The molecule has 0 aliphatic heterocycles. The van der Waals surface area contributed by atoms with Crippen molar-refractivity contribution < 1.29 is 9.59 Å².